The first-order valence-electron chi connectivity index (χ1n) is 6.82. The Morgan fingerprint density at radius 3 is 3.32 bits per heavy atom. The summed E-state index contributed by atoms with van der Waals surface area (Å²) in [5, 5.41) is 12.8. The van der Waals surface area contributed by atoms with Gasteiger partial charge in [-0.25, -0.2) is 0 Å². The molecule has 0 aromatic carbocycles. The molecule has 1 unspecified atom stereocenters. The van der Waals surface area contributed by atoms with Gasteiger partial charge in [0.25, 0.3) is 0 Å². The molecule has 2 aromatic rings. The fourth-order valence-electron chi connectivity index (χ4n) is 2.44. The van der Waals surface area contributed by atoms with Crippen molar-refractivity contribution in [1.82, 2.24) is 15.5 Å². The van der Waals surface area contributed by atoms with Gasteiger partial charge < -0.3 is 10.1 Å². The second-order valence-electron chi connectivity index (χ2n) is 4.85. The van der Waals surface area contributed by atoms with Crippen molar-refractivity contribution < 1.29 is 4.74 Å². The lowest BCUT2D eigenvalue weighted by Crippen LogP contribution is -2.19. The van der Waals surface area contributed by atoms with Crippen molar-refractivity contribution in [3.8, 4) is 10.6 Å². The molecule has 2 aromatic heterocycles. The molecule has 3 rings (SSSR count). The molecule has 0 bridgehead atoms. The normalized spacial score (nSPS) is 19.1. The number of aromatic nitrogens is 2. The summed E-state index contributed by atoms with van der Waals surface area (Å²) >= 11 is 1.74. The van der Waals surface area contributed by atoms with Crippen LogP contribution in [0.3, 0.4) is 0 Å². The summed E-state index contributed by atoms with van der Waals surface area (Å²) in [5.74, 6) is 0. The average molecular weight is 277 g/mol. The van der Waals surface area contributed by atoms with Crippen molar-refractivity contribution in [3.63, 3.8) is 0 Å². The quantitative estimate of drug-likeness (QED) is 0.798. The standard InChI is InChI=1S/C14H19N3OS/c1-3-12(18-7-1)5-6-15-9-11-10-16-17-14(11)13-4-2-8-19-13/h2,4,8,10,12,15H,1,3,5-7,9H2,(H,16,17). The zero-order chi connectivity index (χ0) is 12.9. The zero-order valence-corrected chi connectivity index (χ0v) is 11.7. The van der Waals surface area contributed by atoms with Crippen LogP contribution in [0.15, 0.2) is 23.7 Å². The highest BCUT2D eigenvalue weighted by Crippen LogP contribution is 2.25. The number of rotatable bonds is 6. The minimum atomic E-state index is 0.466. The van der Waals surface area contributed by atoms with Gasteiger partial charge in [0.05, 0.1) is 22.9 Å². The Morgan fingerprint density at radius 2 is 2.53 bits per heavy atom. The van der Waals surface area contributed by atoms with Gasteiger partial charge >= 0.3 is 0 Å². The molecule has 3 heterocycles. The molecule has 2 N–H and O–H groups in total. The number of ether oxygens (including phenoxy) is 1. The summed E-state index contributed by atoms with van der Waals surface area (Å²) in [6.07, 6.45) is 5.91. The van der Waals surface area contributed by atoms with Gasteiger partial charge in [0.2, 0.25) is 0 Å². The van der Waals surface area contributed by atoms with E-state index in [2.05, 4.69) is 33.0 Å². The number of H-pyrrole nitrogens is 1. The van der Waals surface area contributed by atoms with Gasteiger partial charge in [-0.05, 0) is 37.3 Å². The van der Waals surface area contributed by atoms with Crippen molar-refractivity contribution >= 4 is 11.3 Å². The molecule has 1 aliphatic heterocycles. The molecule has 0 radical (unpaired) electrons. The van der Waals surface area contributed by atoms with E-state index in [1.54, 1.807) is 11.3 Å². The summed E-state index contributed by atoms with van der Waals surface area (Å²) in [5.41, 5.74) is 2.37. The third-order valence-electron chi connectivity index (χ3n) is 3.47. The van der Waals surface area contributed by atoms with Crippen molar-refractivity contribution in [2.24, 2.45) is 0 Å². The van der Waals surface area contributed by atoms with Crippen LogP contribution < -0.4 is 5.32 Å². The van der Waals surface area contributed by atoms with E-state index >= 15 is 0 Å². The van der Waals surface area contributed by atoms with E-state index in [1.165, 1.54) is 23.3 Å². The summed E-state index contributed by atoms with van der Waals surface area (Å²) in [6, 6.07) is 4.18. The van der Waals surface area contributed by atoms with Crippen molar-refractivity contribution in [1.29, 1.82) is 0 Å². The number of hydrogen-bond donors (Lipinski definition) is 2. The Hall–Kier alpha value is -1.17. The number of nitrogens with one attached hydrogen (secondary N) is 2. The van der Waals surface area contributed by atoms with Crippen LogP contribution in [0.2, 0.25) is 0 Å². The van der Waals surface area contributed by atoms with Gasteiger partial charge in [-0.15, -0.1) is 11.3 Å². The van der Waals surface area contributed by atoms with Crippen LogP contribution in [0.5, 0.6) is 0 Å². The molecule has 0 aliphatic carbocycles. The van der Waals surface area contributed by atoms with Gasteiger partial charge in [0, 0.05) is 18.7 Å². The molecule has 1 aliphatic rings. The maximum Gasteiger partial charge on any atom is 0.0794 e. The molecule has 4 nitrogen and oxygen atoms in total. The van der Waals surface area contributed by atoms with Gasteiger partial charge in [-0.3, -0.25) is 5.10 Å². The second kappa shape index (κ2) is 6.32. The third-order valence-corrected chi connectivity index (χ3v) is 4.36. The largest absolute Gasteiger partial charge is 0.378 e. The highest BCUT2D eigenvalue weighted by Gasteiger charge is 2.14. The highest BCUT2D eigenvalue weighted by molar-refractivity contribution is 7.13. The molecule has 1 saturated heterocycles. The summed E-state index contributed by atoms with van der Waals surface area (Å²) in [6.45, 7) is 2.80. The lowest BCUT2D eigenvalue weighted by Gasteiger charge is -2.09. The zero-order valence-electron chi connectivity index (χ0n) is 10.9. The molecule has 19 heavy (non-hydrogen) atoms. The molecular weight excluding hydrogens is 258 g/mol. The number of thiophene rings is 1. The van der Waals surface area contributed by atoms with Crippen molar-refractivity contribution in [2.45, 2.75) is 31.9 Å². The Balaban J connectivity index is 1.49. The van der Waals surface area contributed by atoms with Gasteiger partial charge in [0.1, 0.15) is 0 Å². The van der Waals surface area contributed by atoms with Crippen LogP contribution in [0.1, 0.15) is 24.8 Å². The van der Waals surface area contributed by atoms with Crippen molar-refractivity contribution in [3.05, 3.63) is 29.3 Å². The van der Waals surface area contributed by atoms with Crippen LogP contribution >= 0.6 is 11.3 Å². The Bertz CT molecular complexity index is 489. The first-order chi connectivity index (χ1) is 9.43. The van der Waals surface area contributed by atoms with E-state index in [-0.39, 0.29) is 0 Å². The molecule has 1 fully saturated rings. The van der Waals surface area contributed by atoms with E-state index in [9.17, 15) is 0 Å². The summed E-state index contributed by atoms with van der Waals surface area (Å²) < 4.78 is 5.62. The first-order valence-corrected chi connectivity index (χ1v) is 7.70. The minimum absolute atomic E-state index is 0.466. The minimum Gasteiger partial charge on any atom is -0.378 e. The predicted molar refractivity (Wildman–Crippen MR) is 77.2 cm³/mol. The monoisotopic (exact) mass is 277 g/mol. The van der Waals surface area contributed by atoms with Crippen LogP contribution in [-0.4, -0.2) is 29.5 Å². The topological polar surface area (TPSA) is 49.9 Å². The Morgan fingerprint density at radius 1 is 1.53 bits per heavy atom. The smallest absolute Gasteiger partial charge is 0.0794 e. The second-order valence-corrected chi connectivity index (χ2v) is 5.80. The molecule has 0 amide bonds. The predicted octanol–water partition coefficient (Wildman–Crippen LogP) is 2.80. The number of aromatic amines is 1. The first kappa shape index (κ1) is 12.8. The Labute approximate surface area is 117 Å². The third kappa shape index (κ3) is 3.23. The molecule has 5 heteroatoms. The maximum absolute atomic E-state index is 5.62. The lowest BCUT2D eigenvalue weighted by molar-refractivity contribution is 0.104. The average Bonchev–Trinajstić information content (AvgIpc) is 3.15. The summed E-state index contributed by atoms with van der Waals surface area (Å²) in [7, 11) is 0. The van der Waals surface area contributed by atoms with Crippen molar-refractivity contribution in [2.75, 3.05) is 13.2 Å². The lowest BCUT2D eigenvalue weighted by atomic mass is 10.2. The SMILES string of the molecule is c1csc(-c2[nH]ncc2CNCCC2CCCO2)c1. The molecule has 1 atom stereocenters. The van der Waals surface area contributed by atoms with Crippen LogP contribution in [0, 0.1) is 0 Å². The van der Waals surface area contributed by atoms with E-state index in [1.807, 2.05) is 6.20 Å². The number of nitrogens with zero attached hydrogens (tertiary/aromatic N) is 1. The Kier molecular flexibility index (Phi) is 4.27. The van der Waals surface area contributed by atoms with Crippen LogP contribution in [0.25, 0.3) is 10.6 Å². The van der Waals surface area contributed by atoms with Crippen LogP contribution in [0.4, 0.5) is 0 Å². The fraction of sp³-hybridized carbons (Fsp3) is 0.500. The molecule has 102 valence electrons. The number of hydrogen-bond acceptors (Lipinski definition) is 4. The van der Waals surface area contributed by atoms with Gasteiger partial charge in [-0.2, -0.15) is 5.10 Å². The van der Waals surface area contributed by atoms with Crippen LogP contribution in [-0.2, 0) is 11.3 Å². The molecule has 0 saturated carbocycles. The van der Waals surface area contributed by atoms with Gasteiger partial charge in [0.15, 0.2) is 0 Å². The molecular formula is C14H19N3OS. The highest BCUT2D eigenvalue weighted by atomic mass is 32.1. The fourth-order valence-corrected chi connectivity index (χ4v) is 3.19. The molecule has 0 spiro atoms. The van der Waals surface area contributed by atoms with E-state index in [0.29, 0.717) is 6.10 Å². The van der Waals surface area contributed by atoms with E-state index in [4.69, 9.17) is 4.74 Å². The van der Waals surface area contributed by atoms with E-state index < -0.39 is 0 Å². The van der Waals surface area contributed by atoms with E-state index in [0.717, 1.165) is 31.8 Å². The van der Waals surface area contributed by atoms with Gasteiger partial charge in [-0.1, -0.05) is 6.07 Å². The maximum atomic E-state index is 5.62. The summed E-state index contributed by atoms with van der Waals surface area (Å²) in [4.78, 5) is 1.24.